The third-order valence-corrected chi connectivity index (χ3v) is 2.81. The standard InChI is InChI=1S/C13H8F3N3/c14-13(15,16)11-3-1-2-8(5-11)9-4-10-7-18-19-12(10)17-6-9/h1-7H,(H,17,18,19). The van der Waals surface area contributed by atoms with Crippen molar-refractivity contribution < 1.29 is 13.2 Å². The minimum atomic E-state index is -4.34. The Balaban J connectivity index is 2.10. The van der Waals surface area contributed by atoms with Crippen LogP contribution in [0.3, 0.4) is 0 Å². The van der Waals surface area contributed by atoms with Gasteiger partial charge in [0.15, 0.2) is 5.65 Å². The lowest BCUT2D eigenvalue weighted by Gasteiger charge is -2.08. The molecule has 0 spiro atoms. The molecular weight excluding hydrogens is 255 g/mol. The normalized spacial score (nSPS) is 11.9. The highest BCUT2D eigenvalue weighted by molar-refractivity contribution is 5.80. The van der Waals surface area contributed by atoms with Crippen molar-refractivity contribution in [3.05, 3.63) is 48.3 Å². The van der Waals surface area contributed by atoms with Gasteiger partial charge in [-0.1, -0.05) is 12.1 Å². The Bertz CT molecular complexity index is 731. The molecule has 0 bridgehead atoms. The first-order valence-electron chi connectivity index (χ1n) is 5.51. The monoisotopic (exact) mass is 263 g/mol. The van der Waals surface area contributed by atoms with E-state index in [9.17, 15) is 13.2 Å². The van der Waals surface area contributed by atoms with Crippen LogP contribution in [0, 0.1) is 0 Å². The molecule has 0 unspecified atom stereocenters. The van der Waals surface area contributed by atoms with Crippen LogP contribution in [0.4, 0.5) is 13.2 Å². The molecule has 96 valence electrons. The lowest BCUT2D eigenvalue weighted by Crippen LogP contribution is -2.04. The Labute approximate surface area is 106 Å². The summed E-state index contributed by atoms with van der Waals surface area (Å²) in [7, 11) is 0. The Morgan fingerprint density at radius 2 is 1.84 bits per heavy atom. The second-order valence-corrected chi connectivity index (χ2v) is 4.11. The summed E-state index contributed by atoms with van der Waals surface area (Å²) in [6.45, 7) is 0. The molecule has 0 aliphatic carbocycles. The number of nitrogens with zero attached hydrogens (tertiary/aromatic N) is 2. The number of nitrogens with one attached hydrogen (secondary N) is 1. The van der Waals surface area contributed by atoms with Crippen LogP contribution in [-0.4, -0.2) is 15.2 Å². The third kappa shape index (κ3) is 2.16. The average molecular weight is 263 g/mol. The highest BCUT2D eigenvalue weighted by Gasteiger charge is 2.30. The third-order valence-electron chi connectivity index (χ3n) is 2.81. The SMILES string of the molecule is FC(F)(F)c1cccc(-c2cnc3[nH]ncc3c2)c1. The first-order chi connectivity index (χ1) is 9.04. The number of H-pyrrole nitrogens is 1. The Morgan fingerprint density at radius 1 is 1.00 bits per heavy atom. The predicted octanol–water partition coefficient (Wildman–Crippen LogP) is 3.64. The van der Waals surface area contributed by atoms with Gasteiger partial charge in [-0.3, -0.25) is 5.10 Å². The fourth-order valence-electron chi connectivity index (χ4n) is 1.87. The maximum absolute atomic E-state index is 12.7. The zero-order valence-electron chi connectivity index (χ0n) is 9.57. The van der Waals surface area contributed by atoms with E-state index < -0.39 is 11.7 Å². The number of aromatic amines is 1. The molecule has 0 fully saturated rings. The molecule has 0 aliphatic heterocycles. The number of hydrogen-bond donors (Lipinski definition) is 1. The van der Waals surface area contributed by atoms with Gasteiger partial charge in [0.05, 0.1) is 11.8 Å². The lowest BCUT2D eigenvalue weighted by atomic mass is 10.0. The van der Waals surface area contributed by atoms with E-state index >= 15 is 0 Å². The van der Waals surface area contributed by atoms with Crippen LogP contribution in [-0.2, 0) is 6.18 Å². The molecule has 2 aromatic heterocycles. The van der Waals surface area contributed by atoms with Crippen molar-refractivity contribution >= 4 is 11.0 Å². The van der Waals surface area contributed by atoms with Gasteiger partial charge < -0.3 is 0 Å². The van der Waals surface area contributed by atoms with Gasteiger partial charge in [-0.15, -0.1) is 0 Å². The zero-order chi connectivity index (χ0) is 13.5. The lowest BCUT2D eigenvalue weighted by molar-refractivity contribution is -0.137. The van der Waals surface area contributed by atoms with Crippen LogP contribution in [0.25, 0.3) is 22.2 Å². The van der Waals surface area contributed by atoms with E-state index in [1.54, 1.807) is 18.3 Å². The Hall–Kier alpha value is -2.37. The zero-order valence-corrected chi connectivity index (χ0v) is 9.57. The van der Waals surface area contributed by atoms with Gasteiger partial charge in [0.25, 0.3) is 0 Å². The summed E-state index contributed by atoms with van der Waals surface area (Å²) in [5, 5.41) is 7.28. The molecule has 0 aliphatic rings. The maximum Gasteiger partial charge on any atom is 0.416 e. The van der Waals surface area contributed by atoms with E-state index in [-0.39, 0.29) is 0 Å². The van der Waals surface area contributed by atoms with Gasteiger partial charge in [0, 0.05) is 17.1 Å². The van der Waals surface area contributed by atoms with Crippen LogP contribution >= 0.6 is 0 Å². The summed E-state index contributed by atoms with van der Waals surface area (Å²) in [5.74, 6) is 0. The fraction of sp³-hybridized carbons (Fsp3) is 0.0769. The van der Waals surface area contributed by atoms with Gasteiger partial charge >= 0.3 is 6.18 Å². The molecule has 0 saturated carbocycles. The molecule has 19 heavy (non-hydrogen) atoms. The first-order valence-corrected chi connectivity index (χ1v) is 5.51. The molecule has 1 N–H and O–H groups in total. The summed E-state index contributed by atoms with van der Waals surface area (Å²) in [4.78, 5) is 4.11. The highest BCUT2D eigenvalue weighted by atomic mass is 19.4. The molecule has 0 saturated heterocycles. The van der Waals surface area contributed by atoms with Crippen molar-refractivity contribution in [3.63, 3.8) is 0 Å². The number of benzene rings is 1. The van der Waals surface area contributed by atoms with Crippen molar-refractivity contribution in [2.24, 2.45) is 0 Å². The smallest absolute Gasteiger partial charge is 0.261 e. The molecule has 3 rings (SSSR count). The molecule has 0 atom stereocenters. The second kappa shape index (κ2) is 4.08. The topological polar surface area (TPSA) is 41.6 Å². The number of rotatable bonds is 1. The van der Waals surface area contributed by atoms with Crippen molar-refractivity contribution in [2.75, 3.05) is 0 Å². The summed E-state index contributed by atoms with van der Waals surface area (Å²) in [6, 6.07) is 6.92. The largest absolute Gasteiger partial charge is 0.416 e. The quantitative estimate of drug-likeness (QED) is 0.728. The van der Waals surface area contributed by atoms with Crippen molar-refractivity contribution in [1.29, 1.82) is 0 Å². The summed E-state index contributed by atoms with van der Waals surface area (Å²) >= 11 is 0. The summed E-state index contributed by atoms with van der Waals surface area (Å²) in [5.41, 5.74) is 1.04. The number of alkyl halides is 3. The van der Waals surface area contributed by atoms with Crippen LogP contribution < -0.4 is 0 Å². The fourth-order valence-corrected chi connectivity index (χ4v) is 1.87. The molecule has 2 heterocycles. The molecule has 3 aromatic rings. The van der Waals surface area contributed by atoms with E-state index in [2.05, 4.69) is 15.2 Å². The minimum Gasteiger partial charge on any atom is -0.261 e. The van der Waals surface area contributed by atoms with Gasteiger partial charge in [-0.2, -0.15) is 18.3 Å². The molecule has 3 nitrogen and oxygen atoms in total. The minimum absolute atomic E-state index is 0.477. The van der Waals surface area contributed by atoms with Crippen LogP contribution in [0.1, 0.15) is 5.56 Å². The van der Waals surface area contributed by atoms with Crippen molar-refractivity contribution in [1.82, 2.24) is 15.2 Å². The molecule has 1 aromatic carbocycles. The van der Waals surface area contributed by atoms with E-state index in [0.29, 0.717) is 16.8 Å². The molecule has 0 amide bonds. The van der Waals surface area contributed by atoms with Crippen molar-refractivity contribution in [3.8, 4) is 11.1 Å². The van der Waals surface area contributed by atoms with Crippen LogP contribution in [0.15, 0.2) is 42.7 Å². The van der Waals surface area contributed by atoms with E-state index in [1.165, 1.54) is 12.3 Å². The number of aromatic nitrogens is 3. The van der Waals surface area contributed by atoms with Gasteiger partial charge in [-0.05, 0) is 23.8 Å². The first kappa shape index (κ1) is 11.7. The number of pyridine rings is 1. The Morgan fingerprint density at radius 3 is 2.63 bits per heavy atom. The summed E-state index contributed by atoms with van der Waals surface area (Å²) < 4.78 is 38.0. The van der Waals surface area contributed by atoms with Gasteiger partial charge in [-0.25, -0.2) is 4.98 Å². The number of halogens is 3. The van der Waals surface area contributed by atoms with Gasteiger partial charge in [0.1, 0.15) is 0 Å². The van der Waals surface area contributed by atoms with Crippen LogP contribution in [0.2, 0.25) is 0 Å². The number of hydrogen-bond acceptors (Lipinski definition) is 2. The number of fused-ring (bicyclic) bond motifs is 1. The molecular formula is C13H8F3N3. The molecule has 0 radical (unpaired) electrons. The van der Waals surface area contributed by atoms with Crippen molar-refractivity contribution in [2.45, 2.75) is 6.18 Å². The molecule has 6 heteroatoms. The van der Waals surface area contributed by atoms with E-state index in [0.717, 1.165) is 17.5 Å². The maximum atomic E-state index is 12.7. The second-order valence-electron chi connectivity index (χ2n) is 4.11. The summed E-state index contributed by atoms with van der Waals surface area (Å²) in [6.07, 6.45) is -1.24. The van der Waals surface area contributed by atoms with Crippen LogP contribution in [0.5, 0.6) is 0 Å². The average Bonchev–Trinajstić information content (AvgIpc) is 2.85. The van der Waals surface area contributed by atoms with Gasteiger partial charge in [0.2, 0.25) is 0 Å². The van der Waals surface area contributed by atoms with E-state index in [1.807, 2.05) is 0 Å². The van der Waals surface area contributed by atoms with E-state index in [4.69, 9.17) is 0 Å². The Kier molecular flexibility index (Phi) is 2.51. The highest BCUT2D eigenvalue weighted by Crippen LogP contribution is 2.32. The predicted molar refractivity (Wildman–Crippen MR) is 64.3 cm³/mol.